The van der Waals surface area contributed by atoms with Crippen LogP contribution in [0.15, 0.2) is 54.6 Å². The van der Waals surface area contributed by atoms with E-state index in [1.54, 1.807) is 48.5 Å². The number of para-hydroxylation sites is 2. The predicted molar refractivity (Wildman–Crippen MR) is 119 cm³/mol. The van der Waals surface area contributed by atoms with E-state index in [2.05, 4.69) is 11.1 Å². The summed E-state index contributed by atoms with van der Waals surface area (Å²) >= 11 is 0. The second-order valence-electron chi connectivity index (χ2n) is 6.83. The largest absolute Gasteiger partial charge is 0.477 e. The van der Waals surface area contributed by atoms with Crippen LogP contribution in [0.5, 0.6) is 11.6 Å². The molecule has 3 rings (SSSR count). The van der Waals surface area contributed by atoms with Crippen molar-refractivity contribution in [2.45, 2.75) is 19.3 Å². The normalized spacial score (nSPS) is 10.1. The number of ether oxygens (including phenoxy) is 2. The van der Waals surface area contributed by atoms with Gasteiger partial charge in [-0.25, -0.2) is 0 Å². The number of hydrogen-bond donors (Lipinski definition) is 2. The highest BCUT2D eigenvalue weighted by atomic mass is 16.5. The van der Waals surface area contributed by atoms with Gasteiger partial charge >= 0.3 is 5.97 Å². The molecule has 0 spiro atoms. The molecule has 4 N–H and O–H groups in total. The maximum atomic E-state index is 12.0. The van der Waals surface area contributed by atoms with E-state index in [1.807, 2.05) is 12.1 Å². The number of carbonyl (C=O) groups is 1. The molecule has 0 saturated carbocycles. The Morgan fingerprint density at radius 3 is 2.31 bits per heavy atom. The van der Waals surface area contributed by atoms with Crippen LogP contribution in [-0.2, 0) is 4.79 Å². The molecule has 3 aromatic rings. The van der Waals surface area contributed by atoms with Crippen molar-refractivity contribution in [1.82, 2.24) is 4.98 Å². The average Bonchev–Trinajstić information content (AvgIpc) is 2.80. The van der Waals surface area contributed by atoms with Gasteiger partial charge in [-0.1, -0.05) is 42.5 Å². The van der Waals surface area contributed by atoms with Gasteiger partial charge in [-0.15, -0.1) is 0 Å². The van der Waals surface area contributed by atoms with Crippen LogP contribution in [0.2, 0.25) is 0 Å². The molecule has 1 aromatic heterocycles. The molecule has 0 atom stereocenters. The first-order valence-electron chi connectivity index (χ1n) is 9.92. The Labute approximate surface area is 185 Å². The fourth-order valence-corrected chi connectivity index (χ4v) is 3.08. The van der Waals surface area contributed by atoms with Crippen LogP contribution >= 0.6 is 0 Å². The van der Waals surface area contributed by atoms with Gasteiger partial charge in [0.05, 0.1) is 12.3 Å². The molecule has 0 aliphatic rings. The topological polar surface area (TPSA) is 148 Å². The Kier molecular flexibility index (Phi) is 7.24. The molecule has 0 saturated heterocycles. The van der Waals surface area contributed by atoms with Crippen molar-refractivity contribution >= 4 is 17.5 Å². The fraction of sp³-hybridized carbons (Fsp3) is 0.167. The first kappa shape index (κ1) is 22.1. The van der Waals surface area contributed by atoms with E-state index in [1.165, 1.54) is 0 Å². The van der Waals surface area contributed by atoms with Crippen LogP contribution in [0.3, 0.4) is 0 Å². The molecule has 160 valence electrons. The molecule has 0 amide bonds. The zero-order valence-corrected chi connectivity index (χ0v) is 17.2. The van der Waals surface area contributed by atoms with Crippen molar-refractivity contribution in [3.05, 3.63) is 65.7 Å². The fourth-order valence-electron chi connectivity index (χ4n) is 3.08. The third-order valence-electron chi connectivity index (χ3n) is 4.63. The summed E-state index contributed by atoms with van der Waals surface area (Å²) in [4.78, 5) is 16.1. The number of hydrogen-bond acceptors (Lipinski definition) is 8. The zero-order valence-electron chi connectivity index (χ0n) is 17.2. The van der Waals surface area contributed by atoms with E-state index >= 15 is 0 Å². The Morgan fingerprint density at radius 2 is 1.62 bits per heavy atom. The number of rotatable bonds is 8. The van der Waals surface area contributed by atoms with Gasteiger partial charge in [-0.05, 0) is 30.5 Å². The summed E-state index contributed by atoms with van der Waals surface area (Å²) in [6, 6.07) is 19.9. The lowest BCUT2D eigenvalue weighted by Gasteiger charge is -2.13. The van der Waals surface area contributed by atoms with E-state index in [9.17, 15) is 15.3 Å². The maximum Gasteiger partial charge on any atom is 0.311 e. The van der Waals surface area contributed by atoms with Gasteiger partial charge in [0.25, 0.3) is 0 Å². The van der Waals surface area contributed by atoms with Crippen LogP contribution in [0, 0.1) is 22.7 Å². The smallest absolute Gasteiger partial charge is 0.311 e. The highest BCUT2D eigenvalue weighted by Gasteiger charge is 2.21. The van der Waals surface area contributed by atoms with E-state index in [0.29, 0.717) is 35.4 Å². The summed E-state index contributed by atoms with van der Waals surface area (Å²) in [5.74, 6) is -0.0160. The van der Waals surface area contributed by atoms with Gasteiger partial charge in [0.2, 0.25) is 5.88 Å². The van der Waals surface area contributed by atoms with Gasteiger partial charge in [0.1, 0.15) is 29.1 Å². The lowest BCUT2D eigenvalue weighted by Crippen LogP contribution is -2.10. The molecule has 0 unspecified atom stereocenters. The number of nitrogen functional groups attached to an aromatic ring is 2. The number of anilines is 2. The Balaban J connectivity index is 1.64. The number of unbranched alkanes of at least 4 members (excludes halogenated alkanes) is 1. The van der Waals surface area contributed by atoms with Crippen molar-refractivity contribution in [3.63, 3.8) is 0 Å². The molecular formula is C24H21N5O3. The number of aromatic nitrogens is 1. The molecule has 0 fully saturated rings. The molecule has 1 heterocycles. The van der Waals surface area contributed by atoms with Crippen molar-refractivity contribution < 1.29 is 14.3 Å². The van der Waals surface area contributed by atoms with Crippen LogP contribution < -0.4 is 20.9 Å². The van der Waals surface area contributed by atoms with Crippen LogP contribution in [0.1, 0.15) is 30.4 Å². The minimum absolute atomic E-state index is 0.00983. The molecule has 0 aliphatic carbocycles. The first-order valence-corrected chi connectivity index (χ1v) is 9.92. The van der Waals surface area contributed by atoms with E-state index in [0.717, 1.165) is 0 Å². The average molecular weight is 427 g/mol. The summed E-state index contributed by atoms with van der Waals surface area (Å²) in [5, 5.41) is 19.2. The minimum Gasteiger partial charge on any atom is -0.477 e. The quantitative estimate of drug-likeness (QED) is 0.239. The number of nitriles is 2. The lowest BCUT2D eigenvalue weighted by atomic mass is 9.96. The number of nitrogens with two attached hydrogens (primary N) is 2. The third kappa shape index (κ3) is 5.13. The van der Waals surface area contributed by atoms with Gasteiger partial charge in [0, 0.05) is 12.0 Å². The second-order valence-corrected chi connectivity index (χ2v) is 6.83. The van der Waals surface area contributed by atoms with Crippen molar-refractivity contribution in [2.75, 3.05) is 18.1 Å². The predicted octanol–water partition coefficient (Wildman–Crippen LogP) is 3.81. The number of benzene rings is 2. The van der Waals surface area contributed by atoms with Gasteiger partial charge in [0.15, 0.2) is 5.75 Å². The highest BCUT2D eigenvalue weighted by Crippen LogP contribution is 2.35. The van der Waals surface area contributed by atoms with E-state index in [4.69, 9.17) is 20.9 Å². The van der Waals surface area contributed by atoms with Gasteiger partial charge in [-0.3, -0.25) is 4.79 Å². The first-order chi connectivity index (χ1) is 15.5. The lowest BCUT2D eigenvalue weighted by molar-refractivity contribution is -0.134. The van der Waals surface area contributed by atoms with Gasteiger partial charge < -0.3 is 20.9 Å². The second kappa shape index (κ2) is 10.5. The Hall–Kier alpha value is -4.56. The molecule has 0 bridgehead atoms. The van der Waals surface area contributed by atoms with E-state index in [-0.39, 0.29) is 35.9 Å². The zero-order chi connectivity index (χ0) is 22.9. The summed E-state index contributed by atoms with van der Waals surface area (Å²) in [7, 11) is 0. The van der Waals surface area contributed by atoms with E-state index < -0.39 is 5.97 Å². The maximum absolute atomic E-state index is 12.0. The molecule has 0 aliphatic heterocycles. The number of carbonyl (C=O) groups excluding carboxylic acids is 1. The van der Waals surface area contributed by atoms with Crippen LogP contribution in [0.25, 0.3) is 11.1 Å². The minimum atomic E-state index is -0.396. The molecule has 8 heteroatoms. The Morgan fingerprint density at radius 1 is 0.938 bits per heavy atom. The number of pyridine rings is 1. The SMILES string of the molecule is N#Cc1c(N)nc(OCCCCC(=O)Oc2ccccc2N)c(C#N)c1-c1ccccc1. The van der Waals surface area contributed by atoms with Crippen molar-refractivity contribution in [1.29, 1.82) is 10.5 Å². The summed E-state index contributed by atoms with van der Waals surface area (Å²) in [5.41, 5.74) is 13.4. The number of nitrogens with zero attached hydrogens (tertiary/aromatic N) is 3. The highest BCUT2D eigenvalue weighted by molar-refractivity contribution is 5.82. The summed E-state index contributed by atoms with van der Waals surface area (Å²) in [6.07, 6.45) is 1.21. The summed E-state index contributed by atoms with van der Waals surface area (Å²) < 4.78 is 10.9. The molecule has 8 nitrogen and oxygen atoms in total. The number of esters is 1. The molecule has 0 radical (unpaired) electrons. The monoisotopic (exact) mass is 427 g/mol. The van der Waals surface area contributed by atoms with Crippen LogP contribution in [-0.4, -0.2) is 17.6 Å². The third-order valence-corrected chi connectivity index (χ3v) is 4.63. The van der Waals surface area contributed by atoms with Crippen molar-refractivity contribution in [3.8, 4) is 34.9 Å². The Bertz CT molecular complexity index is 1200. The molecule has 32 heavy (non-hydrogen) atoms. The van der Waals surface area contributed by atoms with Crippen molar-refractivity contribution in [2.24, 2.45) is 0 Å². The molecule has 2 aromatic carbocycles. The standard InChI is InChI=1S/C24H21N5O3/c25-14-17-22(16-8-2-1-3-9-16)18(15-26)24(29-23(17)28)31-13-7-6-12-21(30)32-20-11-5-4-10-19(20)27/h1-5,8-11H,6-7,12-13,27H2,(H2,28,29). The van der Waals surface area contributed by atoms with Gasteiger partial charge in [-0.2, -0.15) is 15.5 Å². The summed E-state index contributed by atoms with van der Waals surface area (Å²) in [6.45, 7) is 0.210. The van der Waals surface area contributed by atoms with Crippen LogP contribution in [0.4, 0.5) is 11.5 Å². The molecular weight excluding hydrogens is 406 g/mol.